The van der Waals surface area contributed by atoms with E-state index in [0.717, 1.165) is 6.07 Å². The average Bonchev–Trinajstić information content (AvgIpc) is 2.30. The maximum absolute atomic E-state index is 10.5. The molecule has 8 heteroatoms. The Morgan fingerprint density at radius 2 is 2.17 bits per heavy atom. The highest BCUT2D eigenvalue weighted by atomic mass is 32.3. The van der Waals surface area contributed by atoms with E-state index in [1.54, 1.807) is 0 Å². The van der Waals surface area contributed by atoms with E-state index in [9.17, 15) is 18.5 Å². The summed E-state index contributed by atoms with van der Waals surface area (Å²) >= 11 is 0.605. The smallest absolute Gasteiger partial charge is 0.281 e. The summed E-state index contributed by atoms with van der Waals surface area (Å²) < 4.78 is 28.8. The molecule has 1 heterocycles. The lowest BCUT2D eigenvalue weighted by Crippen LogP contribution is -1.98. The molecule has 0 aliphatic heterocycles. The van der Waals surface area contributed by atoms with Crippen molar-refractivity contribution in [1.29, 1.82) is 0 Å². The normalized spacial score (nSPS) is 11.4. The van der Waals surface area contributed by atoms with E-state index in [1.165, 1.54) is 5.38 Å². The van der Waals surface area contributed by atoms with Crippen molar-refractivity contribution in [3.63, 3.8) is 0 Å². The summed E-state index contributed by atoms with van der Waals surface area (Å²) in [6, 6.07) is 1.02. The van der Waals surface area contributed by atoms with E-state index in [2.05, 4.69) is 0 Å². The van der Waals surface area contributed by atoms with Gasteiger partial charge in [-0.1, -0.05) is 0 Å². The van der Waals surface area contributed by atoms with Crippen LogP contribution < -0.4 is 0 Å². The Kier molecular flexibility index (Phi) is 2.13. The van der Waals surface area contributed by atoms with Gasteiger partial charge in [-0.25, -0.2) is 0 Å². The molecule has 1 aromatic heterocycles. The van der Waals surface area contributed by atoms with Crippen LogP contribution >= 0.6 is 11.3 Å². The molecule has 0 atom stereocenters. The van der Waals surface area contributed by atoms with Crippen molar-refractivity contribution < 1.29 is 17.9 Å². The Hall–Kier alpha value is -0.990. The van der Waals surface area contributed by atoms with Gasteiger partial charge in [0.05, 0.1) is 4.92 Å². The van der Waals surface area contributed by atoms with Crippen LogP contribution in [0, 0.1) is 10.1 Å². The molecule has 66 valence electrons. The Balaban J connectivity index is 3.36. The molecular weight excluding hydrogens is 206 g/mol. The quantitative estimate of drug-likeness (QED) is 0.443. The van der Waals surface area contributed by atoms with Gasteiger partial charge in [-0.15, -0.1) is 11.3 Å². The summed E-state index contributed by atoms with van der Waals surface area (Å²) in [6.45, 7) is 0. The van der Waals surface area contributed by atoms with Crippen LogP contribution in [0.1, 0.15) is 0 Å². The Labute approximate surface area is 71.4 Å². The SMILES string of the molecule is O=[N+]([O-])c1ccsc1S(=O)(=O)O. The van der Waals surface area contributed by atoms with Gasteiger partial charge in [0.25, 0.3) is 0 Å². The molecule has 12 heavy (non-hydrogen) atoms. The molecule has 0 aliphatic rings. The molecule has 0 aromatic carbocycles. The average molecular weight is 209 g/mol. The van der Waals surface area contributed by atoms with Crippen molar-refractivity contribution in [3.8, 4) is 0 Å². The monoisotopic (exact) mass is 209 g/mol. The number of rotatable bonds is 2. The first-order valence-corrected chi connectivity index (χ1v) is 4.94. The van der Waals surface area contributed by atoms with E-state index < -0.39 is 24.9 Å². The second-order valence-electron chi connectivity index (χ2n) is 1.83. The maximum Gasteiger partial charge on any atom is 0.311 e. The van der Waals surface area contributed by atoms with Gasteiger partial charge in [-0.3, -0.25) is 14.7 Å². The van der Waals surface area contributed by atoms with E-state index in [0.29, 0.717) is 11.3 Å². The summed E-state index contributed by atoms with van der Waals surface area (Å²) in [5, 5.41) is 11.4. The van der Waals surface area contributed by atoms with Crippen LogP contribution in [0.2, 0.25) is 0 Å². The van der Waals surface area contributed by atoms with Crippen molar-refractivity contribution >= 4 is 27.1 Å². The first kappa shape index (κ1) is 9.10. The summed E-state index contributed by atoms with van der Waals surface area (Å²) in [5.74, 6) is 0. The fourth-order valence-corrected chi connectivity index (χ4v) is 2.26. The largest absolute Gasteiger partial charge is 0.311 e. The molecule has 1 aromatic rings. The first-order chi connectivity index (χ1) is 5.43. The van der Waals surface area contributed by atoms with Crippen molar-refractivity contribution in [2.24, 2.45) is 0 Å². The van der Waals surface area contributed by atoms with Gasteiger partial charge in [-0.2, -0.15) is 8.42 Å². The Morgan fingerprint density at radius 1 is 1.58 bits per heavy atom. The van der Waals surface area contributed by atoms with E-state index in [4.69, 9.17) is 4.55 Å². The molecule has 1 rings (SSSR count). The van der Waals surface area contributed by atoms with Crippen LogP contribution in [0.15, 0.2) is 15.7 Å². The lowest BCUT2D eigenvalue weighted by atomic mass is 10.6. The van der Waals surface area contributed by atoms with Crippen LogP contribution in [0.4, 0.5) is 5.69 Å². The standard InChI is InChI=1S/C4H3NO5S2/c6-5(7)3-1-2-11-4(3)12(8,9)10/h1-2H,(H,8,9,10). The third kappa shape index (κ3) is 1.60. The second-order valence-corrected chi connectivity index (χ2v) is 4.36. The molecule has 0 radical (unpaired) electrons. The number of thiophene rings is 1. The van der Waals surface area contributed by atoms with Crippen LogP contribution in [0.5, 0.6) is 0 Å². The topological polar surface area (TPSA) is 97.5 Å². The van der Waals surface area contributed by atoms with Gasteiger partial charge in [-0.05, 0) is 5.38 Å². The number of nitro groups is 1. The number of hydrogen-bond acceptors (Lipinski definition) is 5. The van der Waals surface area contributed by atoms with Crippen molar-refractivity contribution in [1.82, 2.24) is 0 Å². The van der Waals surface area contributed by atoms with Gasteiger partial charge in [0.15, 0.2) is 0 Å². The summed E-state index contributed by atoms with van der Waals surface area (Å²) in [4.78, 5) is 9.30. The fourth-order valence-electron chi connectivity index (χ4n) is 0.617. The molecule has 0 saturated carbocycles. The van der Waals surface area contributed by atoms with E-state index in [1.807, 2.05) is 0 Å². The summed E-state index contributed by atoms with van der Waals surface area (Å²) in [6.07, 6.45) is 0. The second kappa shape index (κ2) is 2.81. The minimum absolute atomic E-state index is 0.595. The van der Waals surface area contributed by atoms with Crippen LogP contribution in [0.25, 0.3) is 0 Å². The van der Waals surface area contributed by atoms with Gasteiger partial charge in [0, 0.05) is 6.07 Å². The third-order valence-electron chi connectivity index (χ3n) is 1.04. The third-order valence-corrected chi connectivity index (χ3v) is 3.33. The predicted molar refractivity (Wildman–Crippen MR) is 40.8 cm³/mol. The zero-order valence-corrected chi connectivity index (χ0v) is 7.13. The van der Waals surface area contributed by atoms with Crippen molar-refractivity contribution in [3.05, 3.63) is 21.6 Å². The van der Waals surface area contributed by atoms with Gasteiger partial charge >= 0.3 is 15.8 Å². The van der Waals surface area contributed by atoms with Crippen LogP contribution in [-0.4, -0.2) is 17.9 Å². The lowest BCUT2D eigenvalue weighted by molar-refractivity contribution is -0.387. The fraction of sp³-hybridized carbons (Fsp3) is 0. The molecule has 0 amide bonds. The Bertz CT molecular complexity index is 405. The molecule has 0 aliphatic carbocycles. The Morgan fingerprint density at radius 3 is 2.50 bits per heavy atom. The summed E-state index contributed by atoms with van der Waals surface area (Å²) in [7, 11) is -4.46. The van der Waals surface area contributed by atoms with Crippen LogP contribution in [0.3, 0.4) is 0 Å². The molecule has 0 spiro atoms. The summed E-state index contributed by atoms with van der Waals surface area (Å²) in [5.41, 5.74) is -0.595. The van der Waals surface area contributed by atoms with E-state index in [-0.39, 0.29) is 0 Å². The van der Waals surface area contributed by atoms with Crippen molar-refractivity contribution in [2.75, 3.05) is 0 Å². The highest BCUT2D eigenvalue weighted by molar-refractivity contribution is 7.88. The lowest BCUT2D eigenvalue weighted by Gasteiger charge is -1.90. The minimum Gasteiger partial charge on any atom is -0.281 e. The predicted octanol–water partition coefficient (Wildman–Crippen LogP) is 0.903. The molecule has 1 N–H and O–H groups in total. The van der Waals surface area contributed by atoms with Gasteiger partial charge < -0.3 is 0 Å². The highest BCUT2D eigenvalue weighted by Gasteiger charge is 2.25. The molecule has 6 nitrogen and oxygen atoms in total. The molecular formula is C4H3NO5S2. The first-order valence-electron chi connectivity index (χ1n) is 2.62. The van der Waals surface area contributed by atoms with E-state index >= 15 is 0 Å². The molecule has 0 saturated heterocycles. The van der Waals surface area contributed by atoms with Gasteiger partial charge in [0.2, 0.25) is 4.21 Å². The maximum atomic E-state index is 10.5. The van der Waals surface area contributed by atoms with Gasteiger partial charge in [0.1, 0.15) is 0 Å². The number of nitrogens with zero attached hydrogens (tertiary/aromatic N) is 1. The highest BCUT2D eigenvalue weighted by Crippen LogP contribution is 2.28. The zero-order valence-electron chi connectivity index (χ0n) is 5.50. The molecule has 0 fully saturated rings. The molecule has 0 unspecified atom stereocenters. The van der Waals surface area contributed by atoms with Crippen LogP contribution in [-0.2, 0) is 10.1 Å². The minimum atomic E-state index is -4.46. The molecule has 0 bridgehead atoms. The van der Waals surface area contributed by atoms with Crippen molar-refractivity contribution in [2.45, 2.75) is 4.21 Å². The zero-order chi connectivity index (χ0) is 9.35. The number of hydrogen-bond donors (Lipinski definition) is 1.